The summed E-state index contributed by atoms with van der Waals surface area (Å²) in [7, 11) is 3.46. The number of alkyl halides is 1. The number of Topliss-reactive ketones (excluding diaryl/α,β-unsaturated/α-hetero) is 1. The lowest BCUT2D eigenvalue weighted by molar-refractivity contribution is 0.0741. The van der Waals surface area contributed by atoms with Crippen molar-refractivity contribution >= 4 is 38.5 Å². The SMILES string of the molecule is COc1ccc(CN2CC(Br)C(=O)c3c(n(C)c4ccccc34)C2=O)cc1. The summed E-state index contributed by atoms with van der Waals surface area (Å²) in [5.41, 5.74) is 2.84. The Morgan fingerprint density at radius 3 is 2.52 bits per heavy atom. The molecular weight excluding hydrogens is 408 g/mol. The van der Waals surface area contributed by atoms with Crippen molar-refractivity contribution < 1.29 is 14.3 Å². The zero-order chi connectivity index (χ0) is 19.1. The fourth-order valence-corrected chi connectivity index (χ4v) is 4.22. The predicted molar refractivity (Wildman–Crippen MR) is 108 cm³/mol. The van der Waals surface area contributed by atoms with Crippen LogP contribution in [0.2, 0.25) is 0 Å². The molecule has 0 N–H and O–H groups in total. The molecule has 0 bridgehead atoms. The zero-order valence-corrected chi connectivity index (χ0v) is 16.7. The number of nitrogens with zero attached hydrogens (tertiary/aromatic N) is 2. The van der Waals surface area contributed by atoms with Crippen molar-refractivity contribution in [3.8, 4) is 5.75 Å². The Balaban J connectivity index is 1.78. The van der Waals surface area contributed by atoms with Gasteiger partial charge in [0.1, 0.15) is 11.4 Å². The molecule has 27 heavy (non-hydrogen) atoms. The van der Waals surface area contributed by atoms with Crippen molar-refractivity contribution in [3.63, 3.8) is 0 Å². The molecular formula is C21H19BrN2O3. The van der Waals surface area contributed by atoms with Crippen LogP contribution in [0.1, 0.15) is 26.4 Å². The number of fused-ring (bicyclic) bond motifs is 3. The van der Waals surface area contributed by atoms with E-state index in [1.807, 2.05) is 60.1 Å². The van der Waals surface area contributed by atoms with Crippen LogP contribution in [0.25, 0.3) is 10.9 Å². The third-order valence-corrected chi connectivity index (χ3v) is 5.75. The monoisotopic (exact) mass is 426 g/mol. The van der Waals surface area contributed by atoms with Crippen LogP contribution in [-0.2, 0) is 13.6 Å². The molecule has 138 valence electrons. The van der Waals surface area contributed by atoms with Crippen LogP contribution in [0, 0.1) is 0 Å². The molecule has 5 nitrogen and oxygen atoms in total. The number of carbonyl (C=O) groups is 2. The molecule has 0 saturated carbocycles. The van der Waals surface area contributed by atoms with Crippen molar-refractivity contribution in [2.24, 2.45) is 7.05 Å². The second-order valence-electron chi connectivity index (χ2n) is 6.67. The Kier molecular flexibility index (Phi) is 4.52. The molecule has 1 atom stereocenters. The lowest BCUT2D eigenvalue weighted by Crippen LogP contribution is -2.35. The summed E-state index contributed by atoms with van der Waals surface area (Å²) in [6.07, 6.45) is 0. The molecule has 0 aliphatic carbocycles. The number of amides is 1. The van der Waals surface area contributed by atoms with Crippen LogP contribution in [0.3, 0.4) is 0 Å². The van der Waals surface area contributed by atoms with E-state index in [4.69, 9.17) is 4.74 Å². The molecule has 1 unspecified atom stereocenters. The van der Waals surface area contributed by atoms with E-state index in [1.165, 1.54) is 0 Å². The van der Waals surface area contributed by atoms with Crippen LogP contribution in [0.5, 0.6) is 5.75 Å². The van der Waals surface area contributed by atoms with E-state index in [9.17, 15) is 9.59 Å². The number of para-hydroxylation sites is 1. The number of aromatic nitrogens is 1. The van der Waals surface area contributed by atoms with E-state index >= 15 is 0 Å². The molecule has 1 amide bonds. The molecule has 2 heterocycles. The zero-order valence-electron chi connectivity index (χ0n) is 15.1. The smallest absolute Gasteiger partial charge is 0.271 e. The molecule has 1 aliphatic heterocycles. The number of ketones is 1. The molecule has 0 saturated heterocycles. The molecule has 0 fully saturated rings. The summed E-state index contributed by atoms with van der Waals surface area (Å²) in [4.78, 5) is 27.7. The van der Waals surface area contributed by atoms with Gasteiger partial charge in [-0.25, -0.2) is 0 Å². The maximum Gasteiger partial charge on any atom is 0.271 e. The van der Waals surface area contributed by atoms with Gasteiger partial charge in [0.2, 0.25) is 0 Å². The number of halogens is 1. The Hall–Kier alpha value is -2.60. The standard InChI is InChI=1S/C21H19BrN2O3/c1-23-17-6-4-3-5-15(17)18-19(23)21(26)24(12-16(22)20(18)25)11-13-7-9-14(27-2)10-8-13/h3-10,16H,11-12H2,1-2H3. The normalized spacial score (nSPS) is 17.1. The van der Waals surface area contributed by atoms with Gasteiger partial charge in [-0.1, -0.05) is 46.3 Å². The van der Waals surface area contributed by atoms with Gasteiger partial charge >= 0.3 is 0 Å². The molecule has 0 spiro atoms. The third kappa shape index (κ3) is 2.94. The minimum Gasteiger partial charge on any atom is -0.497 e. The first-order chi connectivity index (χ1) is 13.0. The molecule has 0 radical (unpaired) electrons. The lowest BCUT2D eigenvalue weighted by Gasteiger charge is -2.22. The average molecular weight is 427 g/mol. The Bertz CT molecular complexity index is 1040. The van der Waals surface area contributed by atoms with Gasteiger partial charge in [0.25, 0.3) is 5.91 Å². The minimum atomic E-state index is -0.438. The van der Waals surface area contributed by atoms with E-state index < -0.39 is 4.83 Å². The van der Waals surface area contributed by atoms with Gasteiger partial charge in [-0.05, 0) is 23.8 Å². The van der Waals surface area contributed by atoms with Gasteiger partial charge < -0.3 is 14.2 Å². The highest BCUT2D eigenvalue weighted by Gasteiger charge is 2.36. The highest BCUT2D eigenvalue weighted by Crippen LogP contribution is 2.32. The summed E-state index contributed by atoms with van der Waals surface area (Å²) < 4.78 is 7.02. The number of benzene rings is 2. The molecule has 3 aromatic rings. The van der Waals surface area contributed by atoms with E-state index in [0.717, 1.165) is 22.2 Å². The molecule has 6 heteroatoms. The van der Waals surface area contributed by atoms with Crippen LogP contribution in [-0.4, -0.2) is 39.6 Å². The summed E-state index contributed by atoms with van der Waals surface area (Å²) in [6.45, 7) is 0.756. The maximum absolute atomic E-state index is 13.4. The number of carbonyl (C=O) groups excluding carboxylic acids is 2. The van der Waals surface area contributed by atoms with Crippen LogP contribution < -0.4 is 4.74 Å². The van der Waals surface area contributed by atoms with E-state index in [-0.39, 0.29) is 11.7 Å². The molecule has 1 aromatic heterocycles. The van der Waals surface area contributed by atoms with E-state index in [1.54, 1.807) is 12.0 Å². The Labute approximate surface area is 165 Å². The van der Waals surface area contributed by atoms with Crippen LogP contribution in [0.15, 0.2) is 48.5 Å². The summed E-state index contributed by atoms with van der Waals surface area (Å²) in [5, 5.41) is 0.823. The summed E-state index contributed by atoms with van der Waals surface area (Å²) in [6, 6.07) is 15.3. The molecule has 4 rings (SSSR count). The van der Waals surface area contributed by atoms with E-state index in [0.29, 0.717) is 24.3 Å². The second kappa shape index (κ2) is 6.85. The van der Waals surface area contributed by atoms with E-state index in [2.05, 4.69) is 15.9 Å². The first-order valence-corrected chi connectivity index (χ1v) is 9.60. The Morgan fingerprint density at radius 2 is 1.81 bits per heavy atom. The van der Waals surface area contributed by atoms with Crippen molar-refractivity contribution in [3.05, 3.63) is 65.4 Å². The largest absolute Gasteiger partial charge is 0.497 e. The number of hydrogen-bond acceptors (Lipinski definition) is 3. The van der Waals surface area contributed by atoms with Crippen molar-refractivity contribution in [1.29, 1.82) is 0 Å². The lowest BCUT2D eigenvalue weighted by atomic mass is 10.1. The van der Waals surface area contributed by atoms with Gasteiger partial charge in [-0.2, -0.15) is 0 Å². The summed E-state index contributed by atoms with van der Waals surface area (Å²) >= 11 is 3.50. The van der Waals surface area contributed by atoms with Gasteiger partial charge in [0.05, 0.1) is 17.5 Å². The predicted octanol–water partition coefficient (Wildman–Crippen LogP) is 3.79. The highest BCUT2D eigenvalue weighted by atomic mass is 79.9. The summed E-state index contributed by atoms with van der Waals surface area (Å²) in [5.74, 6) is 0.590. The fourth-order valence-electron chi connectivity index (χ4n) is 3.65. The first-order valence-electron chi connectivity index (χ1n) is 8.69. The minimum absolute atomic E-state index is 0.0487. The van der Waals surface area contributed by atoms with Crippen molar-refractivity contribution in [2.75, 3.05) is 13.7 Å². The Morgan fingerprint density at radius 1 is 1.11 bits per heavy atom. The second-order valence-corrected chi connectivity index (χ2v) is 7.77. The maximum atomic E-state index is 13.4. The number of methoxy groups -OCH3 is 1. The molecule has 1 aliphatic rings. The number of rotatable bonds is 3. The fraction of sp³-hybridized carbons (Fsp3) is 0.238. The number of hydrogen-bond donors (Lipinski definition) is 0. The third-order valence-electron chi connectivity index (χ3n) is 5.04. The highest BCUT2D eigenvalue weighted by molar-refractivity contribution is 9.10. The van der Waals surface area contributed by atoms with Gasteiger partial charge in [-0.15, -0.1) is 0 Å². The first kappa shape index (κ1) is 17.8. The van der Waals surface area contributed by atoms with Gasteiger partial charge in [-0.3, -0.25) is 9.59 Å². The van der Waals surface area contributed by atoms with Gasteiger partial charge in [0.15, 0.2) is 5.78 Å². The topological polar surface area (TPSA) is 51.5 Å². The quantitative estimate of drug-likeness (QED) is 0.598. The number of ether oxygens (including phenoxy) is 1. The van der Waals surface area contributed by atoms with Crippen molar-refractivity contribution in [2.45, 2.75) is 11.4 Å². The number of aryl methyl sites for hydroxylation is 1. The average Bonchev–Trinajstić information content (AvgIpc) is 2.95. The van der Waals surface area contributed by atoms with Crippen molar-refractivity contribution in [1.82, 2.24) is 9.47 Å². The van der Waals surface area contributed by atoms with Crippen LogP contribution >= 0.6 is 15.9 Å². The van der Waals surface area contributed by atoms with Gasteiger partial charge in [0, 0.05) is 31.0 Å². The van der Waals surface area contributed by atoms with Crippen LogP contribution in [0.4, 0.5) is 0 Å². The molecule has 2 aromatic carbocycles.